The molecule has 0 heterocycles. The van der Waals surface area contributed by atoms with Crippen LogP contribution >= 0.6 is 0 Å². The van der Waals surface area contributed by atoms with Crippen molar-refractivity contribution in [1.29, 1.82) is 0 Å². The van der Waals surface area contributed by atoms with E-state index in [0.717, 1.165) is 19.3 Å². The Balaban J connectivity index is 0. The number of aliphatic carboxylic acids is 1. The van der Waals surface area contributed by atoms with E-state index in [2.05, 4.69) is 13.8 Å². The number of rotatable bonds is 23. The molecule has 0 aliphatic rings. The van der Waals surface area contributed by atoms with Crippen molar-refractivity contribution in [3.63, 3.8) is 0 Å². The van der Waals surface area contributed by atoms with Crippen LogP contribution in [0.25, 0.3) is 0 Å². The average molecular weight is 470 g/mol. The van der Waals surface area contributed by atoms with Gasteiger partial charge in [-0.1, -0.05) is 129 Å². The lowest BCUT2D eigenvalue weighted by Gasteiger charge is -2.07. The zero-order chi connectivity index (χ0) is 25.0. The van der Waals surface area contributed by atoms with Crippen molar-refractivity contribution in [1.82, 2.24) is 0 Å². The van der Waals surface area contributed by atoms with Gasteiger partial charge in [-0.2, -0.15) is 0 Å². The second kappa shape index (κ2) is 29.0. The molecule has 33 heavy (non-hydrogen) atoms. The number of carbonyl (C=O) groups excluding carboxylic acids is 2. The molecule has 0 atom stereocenters. The summed E-state index contributed by atoms with van der Waals surface area (Å²) in [5, 5.41) is 10.1. The number of hydrogen-bond acceptors (Lipinski definition) is 4. The Labute approximate surface area is 206 Å². The minimum Gasteiger partial charge on any atom is -0.550 e. The summed E-state index contributed by atoms with van der Waals surface area (Å²) in [5.41, 5.74) is 0. The molecule has 0 aromatic rings. The fourth-order valence-electron chi connectivity index (χ4n) is 3.84. The van der Waals surface area contributed by atoms with E-state index in [1.807, 2.05) is 13.8 Å². The molecule has 0 amide bonds. The van der Waals surface area contributed by atoms with Crippen molar-refractivity contribution in [3.8, 4) is 0 Å². The highest BCUT2D eigenvalue weighted by molar-refractivity contribution is 5.69. The molecule has 0 radical (unpaired) electrons. The summed E-state index contributed by atoms with van der Waals surface area (Å²) in [6, 6.07) is 0. The zero-order valence-electron chi connectivity index (χ0n) is 22.8. The summed E-state index contributed by atoms with van der Waals surface area (Å²) in [6.45, 7) is 8.28. The van der Waals surface area contributed by atoms with E-state index in [1.165, 1.54) is 109 Å². The standard InChI is InChI=1S/C15H30O2.C14H28O2/c1-4-5-6-7-8-9-10-11-12-13-15(16)17-14(2)3;1-2-3-4-5-6-7-8-9-10-11-12-13-14(15)16/h14H,4-13H2,1-3H3;2-13H2,1H3,(H,15,16)/p-1. The molecule has 0 spiro atoms. The lowest BCUT2D eigenvalue weighted by atomic mass is 10.1. The molecule has 0 saturated carbocycles. The maximum absolute atomic E-state index is 11.2. The molecule has 0 unspecified atom stereocenters. The van der Waals surface area contributed by atoms with Crippen molar-refractivity contribution < 1.29 is 19.4 Å². The molecule has 0 N–H and O–H groups in total. The van der Waals surface area contributed by atoms with Crippen LogP contribution in [0.3, 0.4) is 0 Å². The third kappa shape index (κ3) is 35.7. The van der Waals surface area contributed by atoms with Gasteiger partial charge < -0.3 is 14.6 Å². The van der Waals surface area contributed by atoms with E-state index in [0.29, 0.717) is 6.42 Å². The molecule has 4 nitrogen and oxygen atoms in total. The average Bonchev–Trinajstić information content (AvgIpc) is 2.76. The summed E-state index contributed by atoms with van der Waals surface area (Å²) in [7, 11) is 0. The van der Waals surface area contributed by atoms with Crippen molar-refractivity contribution in [3.05, 3.63) is 0 Å². The predicted molar refractivity (Wildman–Crippen MR) is 139 cm³/mol. The van der Waals surface area contributed by atoms with Crippen LogP contribution in [0.5, 0.6) is 0 Å². The second-order valence-electron chi connectivity index (χ2n) is 9.77. The van der Waals surface area contributed by atoms with Gasteiger partial charge in [-0.05, 0) is 33.1 Å². The number of unbranched alkanes of at least 4 members (excludes halogenated alkanes) is 18. The Bertz CT molecular complexity index is 406. The van der Waals surface area contributed by atoms with Gasteiger partial charge in [-0.3, -0.25) is 4.79 Å². The van der Waals surface area contributed by atoms with Gasteiger partial charge in [0, 0.05) is 12.4 Å². The first-order chi connectivity index (χ1) is 15.9. The van der Waals surface area contributed by atoms with Crippen molar-refractivity contribution in [2.75, 3.05) is 0 Å². The smallest absolute Gasteiger partial charge is 0.306 e. The Hall–Kier alpha value is -1.06. The van der Waals surface area contributed by atoms with E-state index in [4.69, 9.17) is 4.74 Å². The van der Waals surface area contributed by atoms with Crippen LogP contribution in [0.15, 0.2) is 0 Å². The van der Waals surface area contributed by atoms with Gasteiger partial charge in [0.05, 0.1) is 6.10 Å². The van der Waals surface area contributed by atoms with Crippen LogP contribution in [-0.2, 0) is 14.3 Å². The van der Waals surface area contributed by atoms with Gasteiger partial charge in [0.15, 0.2) is 0 Å². The fraction of sp³-hybridized carbons (Fsp3) is 0.931. The summed E-state index contributed by atoms with van der Waals surface area (Å²) >= 11 is 0. The first kappa shape index (κ1) is 34.1. The van der Waals surface area contributed by atoms with E-state index >= 15 is 0 Å². The Morgan fingerprint density at radius 1 is 0.545 bits per heavy atom. The van der Waals surface area contributed by atoms with Gasteiger partial charge in [-0.15, -0.1) is 0 Å². The number of carboxylic acid groups (broad SMARTS) is 1. The van der Waals surface area contributed by atoms with Crippen molar-refractivity contribution >= 4 is 11.9 Å². The minimum absolute atomic E-state index is 0.0288. The highest BCUT2D eigenvalue weighted by Gasteiger charge is 2.04. The van der Waals surface area contributed by atoms with E-state index in [9.17, 15) is 14.7 Å². The molecule has 0 aliphatic heterocycles. The second-order valence-corrected chi connectivity index (χ2v) is 9.77. The van der Waals surface area contributed by atoms with Gasteiger partial charge in [0.1, 0.15) is 0 Å². The normalized spacial score (nSPS) is 10.7. The molecule has 0 aromatic carbocycles. The first-order valence-electron chi connectivity index (χ1n) is 14.3. The van der Waals surface area contributed by atoms with Crippen molar-refractivity contribution in [2.45, 2.75) is 175 Å². The lowest BCUT2D eigenvalue weighted by molar-refractivity contribution is -0.305. The van der Waals surface area contributed by atoms with Gasteiger partial charge in [0.2, 0.25) is 0 Å². The van der Waals surface area contributed by atoms with Crippen molar-refractivity contribution in [2.24, 2.45) is 0 Å². The summed E-state index contributed by atoms with van der Waals surface area (Å²) in [6.07, 6.45) is 26.2. The third-order valence-electron chi connectivity index (χ3n) is 5.84. The molecule has 0 rings (SSSR count). The Kier molecular flexibility index (Phi) is 29.9. The van der Waals surface area contributed by atoms with E-state index < -0.39 is 5.97 Å². The van der Waals surface area contributed by atoms with Crippen LogP contribution < -0.4 is 5.11 Å². The minimum atomic E-state index is -0.907. The van der Waals surface area contributed by atoms with E-state index in [1.54, 1.807) is 0 Å². The maximum Gasteiger partial charge on any atom is 0.306 e. The number of hydrogen-bond donors (Lipinski definition) is 0. The molecule has 0 bridgehead atoms. The number of ether oxygens (including phenoxy) is 1. The molecule has 0 aliphatic carbocycles. The fourth-order valence-corrected chi connectivity index (χ4v) is 3.84. The summed E-state index contributed by atoms with van der Waals surface area (Å²) < 4.78 is 5.08. The Morgan fingerprint density at radius 3 is 1.15 bits per heavy atom. The monoisotopic (exact) mass is 469 g/mol. The maximum atomic E-state index is 11.2. The van der Waals surface area contributed by atoms with Gasteiger partial charge in [0.25, 0.3) is 0 Å². The van der Waals surface area contributed by atoms with Crippen LogP contribution in [0.1, 0.15) is 169 Å². The summed E-state index contributed by atoms with van der Waals surface area (Å²) in [4.78, 5) is 21.4. The molecule has 4 heteroatoms. The molecule has 0 fully saturated rings. The largest absolute Gasteiger partial charge is 0.550 e. The number of carbonyl (C=O) groups is 2. The van der Waals surface area contributed by atoms with Crippen LogP contribution in [-0.4, -0.2) is 18.0 Å². The quantitative estimate of drug-likeness (QED) is 0.111. The first-order valence-corrected chi connectivity index (χ1v) is 14.3. The highest BCUT2D eigenvalue weighted by Crippen LogP contribution is 2.12. The molecular formula is C29H57O4-. The van der Waals surface area contributed by atoms with Gasteiger partial charge in [-0.25, -0.2) is 0 Å². The summed E-state index contributed by atoms with van der Waals surface area (Å²) in [5.74, 6) is -0.945. The zero-order valence-corrected chi connectivity index (χ0v) is 22.8. The number of carboxylic acids is 1. The highest BCUT2D eigenvalue weighted by atomic mass is 16.5. The topological polar surface area (TPSA) is 66.4 Å². The molecule has 0 aromatic heterocycles. The van der Waals surface area contributed by atoms with E-state index in [-0.39, 0.29) is 18.5 Å². The Morgan fingerprint density at radius 2 is 0.848 bits per heavy atom. The predicted octanol–water partition coefficient (Wildman–Crippen LogP) is 8.30. The number of esters is 1. The third-order valence-corrected chi connectivity index (χ3v) is 5.84. The van der Waals surface area contributed by atoms with Crippen LogP contribution in [0.4, 0.5) is 0 Å². The van der Waals surface area contributed by atoms with Crippen LogP contribution in [0, 0.1) is 0 Å². The van der Waals surface area contributed by atoms with Crippen LogP contribution in [0.2, 0.25) is 0 Å². The van der Waals surface area contributed by atoms with Gasteiger partial charge >= 0.3 is 5.97 Å². The molecule has 0 saturated heterocycles. The SMILES string of the molecule is CCCCCCCCCCCC(=O)OC(C)C.CCCCCCCCCCCCCC(=O)[O-]. The molecular weight excluding hydrogens is 412 g/mol. The molecule has 198 valence electrons. The lowest BCUT2D eigenvalue weighted by Crippen LogP contribution is -2.21.